The van der Waals surface area contributed by atoms with Crippen molar-refractivity contribution < 1.29 is 14.0 Å². The van der Waals surface area contributed by atoms with E-state index < -0.39 is 0 Å². The number of nitrogens with zero attached hydrogens (tertiary/aromatic N) is 3. The molecule has 136 valence electrons. The summed E-state index contributed by atoms with van der Waals surface area (Å²) >= 11 is 0. The van der Waals surface area contributed by atoms with Gasteiger partial charge in [0.15, 0.2) is 0 Å². The number of halogens is 1. The second kappa shape index (κ2) is 7.95. The van der Waals surface area contributed by atoms with Gasteiger partial charge in [0, 0.05) is 57.0 Å². The van der Waals surface area contributed by atoms with Crippen LogP contribution in [0.25, 0.3) is 0 Å². The molecule has 0 radical (unpaired) electrons. The smallest absolute Gasteiger partial charge is 0.251 e. The first-order valence-corrected chi connectivity index (χ1v) is 8.52. The molecule has 3 rings (SSSR count). The molecule has 1 aromatic heterocycles. The van der Waals surface area contributed by atoms with Crippen LogP contribution in [0.15, 0.2) is 42.6 Å². The van der Waals surface area contributed by atoms with E-state index in [0.717, 1.165) is 0 Å². The number of carbonyl (C=O) groups excluding carboxylic acids is 2. The molecule has 0 bridgehead atoms. The Kier molecular flexibility index (Phi) is 5.46. The summed E-state index contributed by atoms with van der Waals surface area (Å²) in [5, 5.41) is 2.73. The van der Waals surface area contributed by atoms with Crippen molar-refractivity contribution in [3.8, 4) is 0 Å². The zero-order chi connectivity index (χ0) is 18.5. The fourth-order valence-corrected chi connectivity index (χ4v) is 2.90. The predicted molar refractivity (Wildman–Crippen MR) is 96.3 cm³/mol. The largest absolute Gasteiger partial charge is 0.353 e. The van der Waals surface area contributed by atoms with Gasteiger partial charge in [-0.15, -0.1) is 0 Å². The van der Waals surface area contributed by atoms with Gasteiger partial charge in [0.1, 0.15) is 11.6 Å². The van der Waals surface area contributed by atoms with E-state index >= 15 is 0 Å². The molecule has 26 heavy (non-hydrogen) atoms. The number of amides is 2. The highest BCUT2D eigenvalue weighted by atomic mass is 19.1. The molecule has 1 fully saturated rings. The summed E-state index contributed by atoms with van der Waals surface area (Å²) in [4.78, 5) is 32.0. The summed E-state index contributed by atoms with van der Waals surface area (Å²) in [7, 11) is 0. The topological polar surface area (TPSA) is 65.5 Å². The number of nitrogens with one attached hydrogen (secondary N) is 1. The molecule has 0 aliphatic carbocycles. The van der Waals surface area contributed by atoms with Crippen molar-refractivity contribution in [3.63, 3.8) is 0 Å². The van der Waals surface area contributed by atoms with E-state index in [4.69, 9.17) is 0 Å². The second-order valence-corrected chi connectivity index (χ2v) is 6.17. The van der Waals surface area contributed by atoms with Crippen LogP contribution in [-0.4, -0.2) is 47.9 Å². The predicted octanol–water partition coefficient (Wildman–Crippen LogP) is 1.82. The van der Waals surface area contributed by atoms with Crippen molar-refractivity contribution in [2.45, 2.75) is 13.5 Å². The van der Waals surface area contributed by atoms with Gasteiger partial charge in [-0.1, -0.05) is 18.2 Å². The Morgan fingerprint density at radius 3 is 2.58 bits per heavy atom. The number of anilines is 1. The Balaban J connectivity index is 1.63. The minimum absolute atomic E-state index is 0.0684. The quantitative estimate of drug-likeness (QED) is 0.908. The van der Waals surface area contributed by atoms with Crippen LogP contribution in [0.3, 0.4) is 0 Å². The number of piperazine rings is 1. The van der Waals surface area contributed by atoms with Gasteiger partial charge in [-0.3, -0.25) is 9.59 Å². The molecule has 0 saturated carbocycles. The van der Waals surface area contributed by atoms with E-state index in [2.05, 4.69) is 10.3 Å². The van der Waals surface area contributed by atoms with Crippen molar-refractivity contribution in [2.75, 3.05) is 31.1 Å². The lowest BCUT2D eigenvalue weighted by atomic mass is 10.2. The Morgan fingerprint density at radius 2 is 1.88 bits per heavy atom. The summed E-state index contributed by atoms with van der Waals surface area (Å²) in [6.45, 7) is 4.32. The fourth-order valence-electron chi connectivity index (χ4n) is 2.90. The Hall–Kier alpha value is -2.96. The molecular weight excluding hydrogens is 335 g/mol. The maximum atomic E-state index is 13.6. The number of carbonyl (C=O) groups is 2. The molecule has 1 saturated heterocycles. The number of aromatic nitrogens is 1. The molecule has 2 amide bonds. The molecule has 6 nitrogen and oxygen atoms in total. The minimum atomic E-state index is -0.341. The van der Waals surface area contributed by atoms with Crippen LogP contribution in [0.2, 0.25) is 0 Å². The third-order valence-electron chi connectivity index (χ3n) is 4.45. The molecular formula is C19H21FN4O2. The maximum Gasteiger partial charge on any atom is 0.251 e. The van der Waals surface area contributed by atoms with E-state index in [0.29, 0.717) is 43.1 Å². The Bertz CT molecular complexity index is 804. The van der Waals surface area contributed by atoms with Crippen LogP contribution in [0.5, 0.6) is 0 Å². The highest BCUT2D eigenvalue weighted by Crippen LogP contribution is 2.15. The van der Waals surface area contributed by atoms with Gasteiger partial charge in [0.2, 0.25) is 5.91 Å². The van der Waals surface area contributed by atoms with Crippen LogP contribution < -0.4 is 10.2 Å². The van der Waals surface area contributed by atoms with E-state index in [-0.39, 0.29) is 24.2 Å². The van der Waals surface area contributed by atoms with E-state index in [1.807, 2.05) is 4.90 Å². The van der Waals surface area contributed by atoms with Crippen molar-refractivity contribution in [2.24, 2.45) is 0 Å². The first kappa shape index (κ1) is 17.8. The van der Waals surface area contributed by atoms with Gasteiger partial charge in [0.05, 0.1) is 0 Å². The van der Waals surface area contributed by atoms with E-state index in [9.17, 15) is 14.0 Å². The lowest BCUT2D eigenvalue weighted by Crippen LogP contribution is -2.48. The van der Waals surface area contributed by atoms with Crippen molar-refractivity contribution in [1.29, 1.82) is 0 Å². The number of hydrogen-bond acceptors (Lipinski definition) is 4. The zero-order valence-electron chi connectivity index (χ0n) is 14.6. The Morgan fingerprint density at radius 1 is 1.15 bits per heavy atom. The molecule has 1 aliphatic rings. The van der Waals surface area contributed by atoms with Gasteiger partial charge in [-0.2, -0.15) is 0 Å². The maximum absolute atomic E-state index is 13.6. The van der Waals surface area contributed by atoms with Gasteiger partial charge in [0.25, 0.3) is 5.91 Å². The Labute approximate surface area is 151 Å². The molecule has 1 aliphatic heterocycles. The van der Waals surface area contributed by atoms with Gasteiger partial charge >= 0.3 is 0 Å². The second-order valence-electron chi connectivity index (χ2n) is 6.17. The van der Waals surface area contributed by atoms with Gasteiger partial charge in [-0.25, -0.2) is 9.37 Å². The molecule has 1 N–H and O–H groups in total. The van der Waals surface area contributed by atoms with Crippen LogP contribution in [0, 0.1) is 5.82 Å². The van der Waals surface area contributed by atoms with Crippen molar-refractivity contribution in [1.82, 2.24) is 15.2 Å². The minimum Gasteiger partial charge on any atom is -0.353 e. The SMILES string of the molecule is CC(=O)N1CCN(c2cc(C(=O)NCc3ccccc3F)ccn2)CC1. The summed E-state index contributed by atoms with van der Waals surface area (Å²) in [5.41, 5.74) is 0.913. The summed E-state index contributed by atoms with van der Waals surface area (Å²) < 4.78 is 13.6. The number of hydrogen-bond donors (Lipinski definition) is 1. The van der Waals surface area contributed by atoms with Crippen LogP contribution in [-0.2, 0) is 11.3 Å². The molecule has 2 heterocycles. The van der Waals surface area contributed by atoms with E-state index in [1.165, 1.54) is 6.07 Å². The number of rotatable bonds is 4. The number of pyridine rings is 1. The fraction of sp³-hybridized carbons (Fsp3) is 0.316. The van der Waals surface area contributed by atoms with Gasteiger partial charge < -0.3 is 15.1 Å². The first-order valence-electron chi connectivity index (χ1n) is 8.52. The van der Waals surface area contributed by atoms with Crippen LogP contribution >= 0.6 is 0 Å². The normalized spacial score (nSPS) is 14.2. The van der Waals surface area contributed by atoms with E-state index in [1.54, 1.807) is 48.4 Å². The third-order valence-corrected chi connectivity index (χ3v) is 4.45. The third kappa shape index (κ3) is 4.17. The lowest BCUT2D eigenvalue weighted by molar-refractivity contribution is -0.129. The molecule has 0 unspecified atom stereocenters. The molecule has 0 atom stereocenters. The summed E-state index contributed by atoms with van der Waals surface area (Å²) in [6.07, 6.45) is 1.59. The van der Waals surface area contributed by atoms with Crippen molar-refractivity contribution >= 4 is 17.6 Å². The summed E-state index contributed by atoms with van der Waals surface area (Å²) in [5.74, 6) is 0.150. The van der Waals surface area contributed by atoms with Crippen LogP contribution in [0.4, 0.5) is 10.2 Å². The molecule has 2 aromatic rings. The summed E-state index contributed by atoms with van der Waals surface area (Å²) in [6, 6.07) is 9.71. The van der Waals surface area contributed by atoms with Crippen LogP contribution in [0.1, 0.15) is 22.8 Å². The number of benzene rings is 1. The monoisotopic (exact) mass is 356 g/mol. The molecule has 7 heteroatoms. The lowest BCUT2D eigenvalue weighted by Gasteiger charge is -2.35. The zero-order valence-corrected chi connectivity index (χ0v) is 14.6. The highest BCUT2D eigenvalue weighted by molar-refractivity contribution is 5.94. The average molecular weight is 356 g/mol. The first-order chi connectivity index (χ1) is 12.5. The van der Waals surface area contributed by atoms with Crippen molar-refractivity contribution in [3.05, 3.63) is 59.5 Å². The highest BCUT2D eigenvalue weighted by Gasteiger charge is 2.20. The molecule has 1 aromatic carbocycles. The molecule has 0 spiro atoms. The van der Waals surface area contributed by atoms with Gasteiger partial charge in [-0.05, 0) is 18.2 Å². The average Bonchev–Trinajstić information content (AvgIpc) is 2.67. The standard InChI is InChI=1S/C19H21FN4O2/c1-14(25)23-8-10-24(11-9-23)18-12-15(6-7-21-18)19(26)22-13-16-4-2-3-5-17(16)20/h2-7,12H,8-11,13H2,1H3,(H,22,26).